The molecule has 0 aliphatic carbocycles. The van der Waals surface area contributed by atoms with Crippen LogP contribution in [0.2, 0.25) is 0 Å². The van der Waals surface area contributed by atoms with Crippen LogP contribution in [-0.2, 0) is 0 Å². The summed E-state index contributed by atoms with van der Waals surface area (Å²) >= 11 is 5.72. The molecule has 68 valence electrons. The number of Topliss-reactive ketones (excluding diaryl/α,β-unsaturated/α-hetero) is 1. The number of alkyl halides is 1. The van der Waals surface area contributed by atoms with Gasteiger partial charge in [0, 0.05) is 11.3 Å². The van der Waals surface area contributed by atoms with Crippen LogP contribution in [0.3, 0.4) is 0 Å². The average Bonchev–Trinajstić information content (AvgIpc) is 2.43. The summed E-state index contributed by atoms with van der Waals surface area (Å²) in [4.78, 5) is 11.4. The highest BCUT2D eigenvalue weighted by atomic mass is 35.5. The summed E-state index contributed by atoms with van der Waals surface area (Å²) in [6.07, 6.45) is 0. The average molecular weight is 198 g/mol. The first-order chi connectivity index (χ1) is 6.22. The van der Waals surface area contributed by atoms with Crippen molar-refractivity contribution < 1.29 is 9.53 Å². The minimum absolute atomic E-state index is 0.101. The van der Waals surface area contributed by atoms with E-state index in [1.54, 1.807) is 25.3 Å². The molecule has 1 aliphatic heterocycles. The number of anilines is 1. The van der Waals surface area contributed by atoms with Gasteiger partial charge >= 0.3 is 0 Å². The summed E-state index contributed by atoms with van der Waals surface area (Å²) in [6.45, 7) is 0. The molecule has 3 nitrogen and oxygen atoms in total. The second-order valence-electron chi connectivity index (χ2n) is 2.78. The Morgan fingerprint density at radius 1 is 1.54 bits per heavy atom. The van der Waals surface area contributed by atoms with Crippen LogP contribution in [0, 0.1) is 0 Å². The quantitative estimate of drug-likeness (QED) is 0.552. The van der Waals surface area contributed by atoms with Crippen LogP contribution in [0.1, 0.15) is 10.4 Å². The molecular weight excluding hydrogens is 190 g/mol. The molecule has 1 N–H and O–H groups in total. The number of fused-ring (bicyclic) bond motifs is 1. The molecule has 0 saturated carbocycles. The van der Waals surface area contributed by atoms with Gasteiger partial charge in [-0.2, -0.15) is 0 Å². The van der Waals surface area contributed by atoms with Crippen LogP contribution in [-0.4, -0.2) is 18.4 Å². The van der Waals surface area contributed by atoms with Gasteiger partial charge in [-0.25, -0.2) is 0 Å². The van der Waals surface area contributed by atoms with Gasteiger partial charge in [-0.05, 0) is 18.2 Å². The molecule has 0 saturated heterocycles. The minimum atomic E-state index is -0.637. The van der Waals surface area contributed by atoms with Crippen molar-refractivity contribution in [1.82, 2.24) is 0 Å². The maximum Gasteiger partial charge on any atom is 0.202 e. The SMILES string of the molecule is COc1ccc2c(c1)C(=O)C(Cl)N2. The number of halogens is 1. The molecule has 1 aromatic rings. The van der Waals surface area contributed by atoms with E-state index in [1.807, 2.05) is 0 Å². The molecule has 0 amide bonds. The predicted molar refractivity (Wildman–Crippen MR) is 50.6 cm³/mol. The summed E-state index contributed by atoms with van der Waals surface area (Å²) in [5.74, 6) is 0.565. The van der Waals surface area contributed by atoms with Gasteiger partial charge in [-0.3, -0.25) is 4.79 Å². The Hall–Kier alpha value is -1.22. The van der Waals surface area contributed by atoms with E-state index in [9.17, 15) is 4.79 Å². The first-order valence-corrected chi connectivity index (χ1v) is 4.29. The lowest BCUT2D eigenvalue weighted by Gasteiger charge is -2.01. The molecule has 2 rings (SSSR count). The van der Waals surface area contributed by atoms with Crippen molar-refractivity contribution in [3.05, 3.63) is 23.8 Å². The van der Waals surface area contributed by atoms with Gasteiger partial charge in [0.05, 0.1) is 7.11 Å². The fourth-order valence-electron chi connectivity index (χ4n) is 1.32. The first kappa shape index (κ1) is 8.38. The van der Waals surface area contributed by atoms with E-state index in [1.165, 1.54) is 0 Å². The van der Waals surface area contributed by atoms with Crippen LogP contribution < -0.4 is 10.1 Å². The van der Waals surface area contributed by atoms with E-state index in [0.717, 1.165) is 5.69 Å². The first-order valence-electron chi connectivity index (χ1n) is 3.85. The molecule has 1 unspecified atom stereocenters. The molecule has 0 spiro atoms. The van der Waals surface area contributed by atoms with Gasteiger partial charge in [-0.1, -0.05) is 11.6 Å². The van der Waals surface area contributed by atoms with Crippen LogP contribution in [0.25, 0.3) is 0 Å². The number of ether oxygens (including phenoxy) is 1. The molecule has 1 heterocycles. The summed E-state index contributed by atoms with van der Waals surface area (Å²) in [7, 11) is 1.56. The van der Waals surface area contributed by atoms with Gasteiger partial charge in [0.2, 0.25) is 5.78 Å². The number of methoxy groups -OCH3 is 1. The zero-order chi connectivity index (χ0) is 9.42. The highest BCUT2D eigenvalue weighted by molar-refractivity contribution is 6.37. The number of carbonyl (C=O) groups excluding carboxylic acids is 1. The summed E-state index contributed by atoms with van der Waals surface area (Å²) in [6, 6.07) is 5.26. The minimum Gasteiger partial charge on any atom is -0.497 e. The number of benzene rings is 1. The fourth-order valence-corrected chi connectivity index (χ4v) is 1.55. The zero-order valence-corrected chi connectivity index (χ0v) is 7.76. The van der Waals surface area contributed by atoms with Crippen molar-refractivity contribution in [1.29, 1.82) is 0 Å². The second-order valence-corrected chi connectivity index (χ2v) is 3.22. The van der Waals surface area contributed by atoms with E-state index in [-0.39, 0.29) is 5.78 Å². The van der Waals surface area contributed by atoms with Crippen molar-refractivity contribution in [3.63, 3.8) is 0 Å². The van der Waals surface area contributed by atoms with E-state index in [4.69, 9.17) is 16.3 Å². The van der Waals surface area contributed by atoms with Crippen molar-refractivity contribution in [2.45, 2.75) is 5.50 Å². The lowest BCUT2D eigenvalue weighted by atomic mass is 10.1. The number of nitrogens with one attached hydrogen (secondary N) is 1. The van der Waals surface area contributed by atoms with Crippen LogP contribution >= 0.6 is 11.6 Å². The Labute approximate surface area is 80.6 Å². The van der Waals surface area contributed by atoms with Crippen molar-refractivity contribution in [2.75, 3.05) is 12.4 Å². The molecule has 1 atom stereocenters. The Morgan fingerprint density at radius 2 is 2.31 bits per heavy atom. The lowest BCUT2D eigenvalue weighted by Crippen LogP contribution is -2.13. The van der Waals surface area contributed by atoms with Crippen LogP contribution in [0.4, 0.5) is 5.69 Å². The maximum absolute atomic E-state index is 11.4. The highest BCUT2D eigenvalue weighted by Gasteiger charge is 2.28. The maximum atomic E-state index is 11.4. The largest absolute Gasteiger partial charge is 0.497 e. The fraction of sp³-hybridized carbons (Fsp3) is 0.222. The molecule has 4 heteroatoms. The third-order valence-corrected chi connectivity index (χ3v) is 2.31. The van der Waals surface area contributed by atoms with E-state index < -0.39 is 5.50 Å². The molecule has 0 fully saturated rings. The summed E-state index contributed by atoms with van der Waals surface area (Å²) in [5, 5.41) is 2.86. The van der Waals surface area contributed by atoms with Crippen molar-refractivity contribution in [2.24, 2.45) is 0 Å². The van der Waals surface area contributed by atoms with Crippen LogP contribution in [0.5, 0.6) is 5.75 Å². The van der Waals surface area contributed by atoms with Gasteiger partial charge in [0.25, 0.3) is 0 Å². The zero-order valence-electron chi connectivity index (χ0n) is 7.00. The van der Waals surface area contributed by atoms with Gasteiger partial charge in [0.15, 0.2) is 5.50 Å². The standard InChI is InChI=1S/C9H8ClNO2/c1-13-5-2-3-7-6(4-5)8(12)9(10)11-7/h2-4,9,11H,1H3. The molecule has 1 aromatic carbocycles. The van der Waals surface area contributed by atoms with Gasteiger partial charge in [-0.15, -0.1) is 0 Å². The number of ketones is 1. The van der Waals surface area contributed by atoms with Gasteiger partial charge < -0.3 is 10.1 Å². The van der Waals surface area contributed by atoms with Crippen molar-refractivity contribution in [3.8, 4) is 5.75 Å². The number of hydrogen-bond donors (Lipinski definition) is 1. The van der Waals surface area contributed by atoms with E-state index in [0.29, 0.717) is 11.3 Å². The summed E-state index contributed by atoms with van der Waals surface area (Å²) < 4.78 is 5.00. The number of carbonyl (C=O) groups is 1. The lowest BCUT2D eigenvalue weighted by molar-refractivity contribution is 0.100. The van der Waals surface area contributed by atoms with E-state index >= 15 is 0 Å². The monoisotopic (exact) mass is 197 g/mol. The van der Waals surface area contributed by atoms with Gasteiger partial charge in [0.1, 0.15) is 5.75 Å². The molecule has 0 aromatic heterocycles. The normalized spacial score (nSPS) is 19.5. The predicted octanol–water partition coefficient (Wildman–Crippen LogP) is 1.87. The Morgan fingerprint density at radius 3 is 3.00 bits per heavy atom. The molecule has 0 radical (unpaired) electrons. The highest BCUT2D eigenvalue weighted by Crippen LogP contribution is 2.30. The second kappa shape index (κ2) is 2.92. The Bertz CT molecular complexity index is 365. The third kappa shape index (κ3) is 1.25. The Kier molecular flexibility index (Phi) is 1.88. The number of hydrogen-bond acceptors (Lipinski definition) is 3. The third-order valence-electron chi connectivity index (χ3n) is 2.00. The topological polar surface area (TPSA) is 38.3 Å². The van der Waals surface area contributed by atoms with E-state index in [2.05, 4.69) is 5.32 Å². The Balaban J connectivity index is 2.48. The van der Waals surface area contributed by atoms with Crippen molar-refractivity contribution >= 4 is 23.1 Å². The molecule has 1 aliphatic rings. The smallest absolute Gasteiger partial charge is 0.202 e. The van der Waals surface area contributed by atoms with Crippen LogP contribution in [0.15, 0.2) is 18.2 Å². The summed E-state index contributed by atoms with van der Waals surface area (Å²) in [5.41, 5.74) is 0.729. The molecule has 13 heavy (non-hydrogen) atoms. The molecular formula is C9H8ClNO2. The molecule has 0 bridgehead atoms. The number of rotatable bonds is 1.